The van der Waals surface area contributed by atoms with E-state index in [1.165, 1.54) is 11.1 Å². The van der Waals surface area contributed by atoms with Crippen LogP contribution >= 0.6 is 0 Å². The number of fused-ring (bicyclic) bond motifs is 2. The fraction of sp³-hybridized carbons (Fsp3) is 0.0714. The van der Waals surface area contributed by atoms with E-state index in [-0.39, 0.29) is 0 Å². The van der Waals surface area contributed by atoms with Crippen LogP contribution < -0.4 is 10.4 Å². The Labute approximate surface area is 188 Å². The minimum absolute atomic E-state index is 0.535. The predicted molar refractivity (Wildman–Crippen MR) is 135 cm³/mol. The van der Waals surface area contributed by atoms with Crippen LogP contribution in [-0.4, -0.2) is 17.2 Å². The summed E-state index contributed by atoms with van der Waals surface area (Å²) in [5.41, 5.74) is 6.05. The Morgan fingerprint density at radius 1 is 0.531 bits per heavy atom. The second-order valence-corrected chi connectivity index (χ2v) is 8.23. The number of hydrogen-bond acceptors (Lipinski definition) is 3. The van der Waals surface area contributed by atoms with Crippen LogP contribution in [0.1, 0.15) is 11.1 Å². The van der Waals surface area contributed by atoms with Gasteiger partial charge in [-0.2, -0.15) is 0 Å². The molecule has 4 heteroatoms. The lowest BCUT2D eigenvalue weighted by molar-refractivity contribution is 0.426. The number of anilines is 3. The summed E-state index contributed by atoms with van der Waals surface area (Å²) in [7, 11) is -1.56. The molecule has 0 amide bonds. The molecule has 0 saturated carbocycles. The van der Waals surface area contributed by atoms with Crippen molar-refractivity contribution in [3.05, 3.63) is 108 Å². The van der Waals surface area contributed by atoms with E-state index in [2.05, 4.69) is 79.4 Å². The van der Waals surface area contributed by atoms with Crippen molar-refractivity contribution in [2.24, 2.45) is 0 Å². The average Bonchev–Trinajstić information content (AvgIpc) is 2.80. The first kappa shape index (κ1) is 20.3. The van der Waals surface area contributed by atoms with E-state index in [9.17, 15) is 10.0 Å². The highest BCUT2D eigenvalue weighted by Gasteiger charge is 2.25. The summed E-state index contributed by atoms with van der Waals surface area (Å²) in [6.45, 7) is 4.17. The molecule has 0 unspecified atom stereocenters. The summed E-state index contributed by atoms with van der Waals surface area (Å²) < 4.78 is 0. The SMILES string of the molecule is Cc1ccc(N(c2ccc(C)cc2)c2c3ccccc3c(B(O)O)c3ccccc23)cc1. The topological polar surface area (TPSA) is 43.7 Å². The number of nitrogens with zero attached hydrogens (tertiary/aromatic N) is 1. The molecular weight excluding hydrogens is 393 g/mol. The zero-order valence-corrected chi connectivity index (χ0v) is 18.2. The third-order valence-corrected chi connectivity index (χ3v) is 6.01. The van der Waals surface area contributed by atoms with E-state index >= 15 is 0 Å². The van der Waals surface area contributed by atoms with Crippen molar-refractivity contribution in [3.63, 3.8) is 0 Å². The maximum atomic E-state index is 10.3. The van der Waals surface area contributed by atoms with Gasteiger partial charge in [-0.05, 0) is 54.3 Å². The van der Waals surface area contributed by atoms with Crippen molar-refractivity contribution >= 4 is 51.2 Å². The molecular formula is C28H24BNO2. The second kappa shape index (κ2) is 8.15. The Morgan fingerprint density at radius 3 is 1.28 bits per heavy atom. The van der Waals surface area contributed by atoms with Crippen LogP contribution in [0.4, 0.5) is 17.1 Å². The van der Waals surface area contributed by atoms with Gasteiger partial charge < -0.3 is 14.9 Å². The van der Waals surface area contributed by atoms with E-state index in [4.69, 9.17) is 0 Å². The van der Waals surface area contributed by atoms with E-state index in [1.807, 2.05) is 36.4 Å². The first-order valence-electron chi connectivity index (χ1n) is 10.8. The van der Waals surface area contributed by atoms with Gasteiger partial charge in [0, 0.05) is 22.1 Å². The number of aryl methyl sites for hydroxylation is 2. The van der Waals surface area contributed by atoms with Crippen molar-refractivity contribution in [1.82, 2.24) is 0 Å². The lowest BCUT2D eigenvalue weighted by atomic mass is 9.73. The number of hydrogen-bond donors (Lipinski definition) is 2. The maximum absolute atomic E-state index is 10.3. The Morgan fingerprint density at radius 2 is 0.906 bits per heavy atom. The Bertz CT molecular complexity index is 1310. The summed E-state index contributed by atoms with van der Waals surface area (Å²) in [5.74, 6) is 0. The lowest BCUT2D eigenvalue weighted by Gasteiger charge is -2.29. The third kappa shape index (κ3) is 3.44. The van der Waals surface area contributed by atoms with Crippen LogP contribution in [0, 0.1) is 13.8 Å². The van der Waals surface area contributed by atoms with Crippen molar-refractivity contribution in [1.29, 1.82) is 0 Å². The molecule has 0 aliphatic carbocycles. The molecule has 0 bridgehead atoms. The molecule has 5 rings (SSSR count). The van der Waals surface area contributed by atoms with Gasteiger partial charge in [0.25, 0.3) is 0 Å². The van der Waals surface area contributed by atoms with Crippen LogP contribution in [0.2, 0.25) is 0 Å². The highest BCUT2D eigenvalue weighted by Crippen LogP contribution is 2.43. The summed E-state index contributed by atoms with van der Waals surface area (Å²) in [4.78, 5) is 2.26. The van der Waals surface area contributed by atoms with Gasteiger partial charge >= 0.3 is 7.12 Å². The van der Waals surface area contributed by atoms with Crippen molar-refractivity contribution in [2.45, 2.75) is 13.8 Å². The second-order valence-electron chi connectivity index (χ2n) is 8.23. The zero-order valence-electron chi connectivity index (χ0n) is 18.2. The Kier molecular flexibility index (Phi) is 5.18. The third-order valence-electron chi connectivity index (χ3n) is 6.01. The smallest absolute Gasteiger partial charge is 0.423 e. The van der Waals surface area contributed by atoms with Gasteiger partial charge in [0.15, 0.2) is 0 Å². The first-order chi connectivity index (χ1) is 15.5. The van der Waals surface area contributed by atoms with Gasteiger partial charge in [-0.3, -0.25) is 0 Å². The minimum atomic E-state index is -1.56. The summed E-state index contributed by atoms with van der Waals surface area (Å²) in [6, 6.07) is 32.9. The Hall–Kier alpha value is -3.60. The molecule has 5 aromatic rings. The highest BCUT2D eigenvalue weighted by molar-refractivity contribution is 6.66. The molecule has 0 aliphatic rings. The van der Waals surface area contributed by atoms with Gasteiger partial charge in [0.1, 0.15) is 0 Å². The summed E-state index contributed by atoms with van der Waals surface area (Å²) in [6.07, 6.45) is 0. The van der Waals surface area contributed by atoms with Crippen LogP contribution in [-0.2, 0) is 0 Å². The molecule has 156 valence electrons. The lowest BCUT2D eigenvalue weighted by Crippen LogP contribution is -2.32. The fourth-order valence-corrected chi connectivity index (χ4v) is 4.45. The van der Waals surface area contributed by atoms with Crippen LogP contribution in [0.15, 0.2) is 97.1 Å². The fourth-order valence-electron chi connectivity index (χ4n) is 4.45. The monoisotopic (exact) mass is 417 g/mol. The molecule has 0 aliphatic heterocycles. The van der Waals surface area contributed by atoms with E-state index in [0.717, 1.165) is 38.6 Å². The molecule has 0 radical (unpaired) electrons. The van der Waals surface area contributed by atoms with Crippen molar-refractivity contribution < 1.29 is 10.0 Å². The molecule has 0 fully saturated rings. The van der Waals surface area contributed by atoms with Crippen LogP contribution in [0.3, 0.4) is 0 Å². The molecule has 0 spiro atoms. The molecule has 5 aromatic carbocycles. The van der Waals surface area contributed by atoms with Crippen LogP contribution in [0.25, 0.3) is 21.5 Å². The maximum Gasteiger partial charge on any atom is 0.489 e. The van der Waals surface area contributed by atoms with E-state index in [1.54, 1.807) is 0 Å². The molecule has 32 heavy (non-hydrogen) atoms. The summed E-state index contributed by atoms with van der Waals surface area (Å²) in [5, 5.41) is 24.2. The van der Waals surface area contributed by atoms with E-state index < -0.39 is 7.12 Å². The molecule has 0 atom stereocenters. The zero-order chi connectivity index (χ0) is 22.2. The molecule has 3 nitrogen and oxygen atoms in total. The first-order valence-corrected chi connectivity index (χ1v) is 10.8. The van der Waals surface area contributed by atoms with Crippen molar-refractivity contribution in [2.75, 3.05) is 4.90 Å². The predicted octanol–water partition coefficient (Wildman–Crippen LogP) is 5.76. The number of rotatable bonds is 4. The largest absolute Gasteiger partial charge is 0.489 e. The van der Waals surface area contributed by atoms with Gasteiger partial charge in [-0.15, -0.1) is 0 Å². The van der Waals surface area contributed by atoms with Gasteiger partial charge in [0.2, 0.25) is 0 Å². The van der Waals surface area contributed by atoms with E-state index in [0.29, 0.717) is 5.46 Å². The van der Waals surface area contributed by atoms with Crippen LogP contribution in [0.5, 0.6) is 0 Å². The van der Waals surface area contributed by atoms with Crippen molar-refractivity contribution in [3.8, 4) is 0 Å². The standard InChI is InChI=1S/C28H24BNO2/c1-19-11-15-21(16-12-19)30(22-17-13-20(2)14-18-22)28-25-9-5-3-7-23(25)27(29(31)32)24-8-4-6-10-26(24)28/h3-18,31-32H,1-2H3. The number of benzene rings is 5. The highest BCUT2D eigenvalue weighted by atomic mass is 16.4. The summed E-state index contributed by atoms with van der Waals surface area (Å²) >= 11 is 0. The molecule has 0 saturated heterocycles. The average molecular weight is 417 g/mol. The minimum Gasteiger partial charge on any atom is -0.423 e. The molecule has 0 heterocycles. The van der Waals surface area contributed by atoms with Gasteiger partial charge in [0.05, 0.1) is 5.69 Å². The Balaban J connectivity index is 1.94. The normalized spacial score (nSPS) is 11.1. The van der Waals surface area contributed by atoms with Gasteiger partial charge in [-0.1, -0.05) is 83.9 Å². The molecule has 0 aromatic heterocycles. The molecule has 2 N–H and O–H groups in total. The van der Waals surface area contributed by atoms with Gasteiger partial charge in [-0.25, -0.2) is 0 Å². The quantitative estimate of drug-likeness (QED) is 0.289.